The topological polar surface area (TPSA) is 76.9 Å². The Balaban J connectivity index is 1.38. The Kier molecular flexibility index (Phi) is 6.55. The number of nitrogens with zero attached hydrogens (tertiary/aromatic N) is 3. The number of aryl methyl sites for hydroxylation is 2. The molecular weight excluding hydrogens is 388 g/mol. The Morgan fingerprint density at radius 2 is 1.84 bits per heavy atom. The van der Waals surface area contributed by atoms with Gasteiger partial charge in [0.2, 0.25) is 5.91 Å². The number of ketones is 1. The molecular formula is C25H28N4O2. The number of nitrogens with one attached hydrogen (secondary N) is 1. The van der Waals surface area contributed by atoms with Crippen molar-refractivity contribution in [1.29, 1.82) is 0 Å². The van der Waals surface area contributed by atoms with Crippen molar-refractivity contribution in [2.45, 2.75) is 58.4 Å². The summed E-state index contributed by atoms with van der Waals surface area (Å²) >= 11 is 0. The van der Waals surface area contributed by atoms with Crippen molar-refractivity contribution in [2.24, 2.45) is 0 Å². The van der Waals surface area contributed by atoms with Crippen molar-refractivity contribution in [3.05, 3.63) is 65.5 Å². The summed E-state index contributed by atoms with van der Waals surface area (Å²) in [6, 6.07) is 15.3. The third kappa shape index (κ3) is 5.08. The molecule has 0 aliphatic carbocycles. The predicted octanol–water partition coefficient (Wildman–Crippen LogP) is 4.84. The molecule has 1 aliphatic rings. The van der Waals surface area contributed by atoms with Gasteiger partial charge in [-0.25, -0.2) is 0 Å². The van der Waals surface area contributed by atoms with E-state index in [1.165, 1.54) is 12.0 Å². The number of anilines is 1. The number of carbonyl (C=O) groups excluding carboxylic acids is 2. The number of hydrogen-bond acceptors (Lipinski definition) is 4. The smallest absolute Gasteiger partial charge is 0.224 e. The van der Waals surface area contributed by atoms with E-state index in [2.05, 4.69) is 27.0 Å². The van der Waals surface area contributed by atoms with Gasteiger partial charge in [0.05, 0.1) is 0 Å². The third-order valence-corrected chi connectivity index (χ3v) is 5.78. The highest BCUT2D eigenvalue weighted by atomic mass is 16.2. The zero-order valence-electron chi connectivity index (χ0n) is 17.9. The number of fused-ring (bicyclic) bond motifs is 1. The summed E-state index contributed by atoms with van der Waals surface area (Å²) < 4.78 is 2.19. The molecule has 1 aliphatic heterocycles. The number of carbonyl (C=O) groups is 2. The average molecular weight is 417 g/mol. The van der Waals surface area contributed by atoms with E-state index < -0.39 is 0 Å². The van der Waals surface area contributed by atoms with Crippen LogP contribution in [0.1, 0.15) is 60.8 Å². The molecule has 0 saturated carbocycles. The van der Waals surface area contributed by atoms with Gasteiger partial charge >= 0.3 is 0 Å². The molecule has 0 radical (unpaired) electrons. The Labute approximate surface area is 182 Å². The van der Waals surface area contributed by atoms with Crippen LogP contribution in [0.15, 0.2) is 48.5 Å². The zero-order valence-corrected chi connectivity index (χ0v) is 17.9. The van der Waals surface area contributed by atoms with Crippen LogP contribution in [-0.2, 0) is 24.2 Å². The van der Waals surface area contributed by atoms with Crippen LogP contribution < -0.4 is 5.32 Å². The standard InChI is InChI=1S/C25H28N4O2/c1-2-18-10-12-19(13-11-18)22(30)14-15-24(31)26-21-8-6-7-20(17-21)25-28-27-23-9-4-3-5-16-29(23)25/h6-8,10-13,17H,2-5,9,14-16H2,1H3,(H,26,31). The van der Waals surface area contributed by atoms with Crippen LogP contribution in [0.25, 0.3) is 11.4 Å². The highest BCUT2D eigenvalue weighted by Gasteiger charge is 2.16. The molecule has 3 aromatic rings. The molecule has 4 rings (SSSR count). The SMILES string of the molecule is CCc1ccc(C(=O)CCC(=O)Nc2cccc(-c3nnc4n3CCCCC4)c2)cc1. The molecule has 6 nitrogen and oxygen atoms in total. The van der Waals surface area contributed by atoms with E-state index in [1.807, 2.05) is 48.5 Å². The van der Waals surface area contributed by atoms with Crippen LogP contribution in [0.5, 0.6) is 0 Å². The molecule has 0 atom stereocenters. The van der Waals surface area contributed by atoms with E-state index >= 15 is 0 Å². The van der Waals surface area contributed by atoms with Crippen LogP contribution in [0.4, 0.5) is 5.69 Å². The first-order valence-electron chi connectivity index (χ1n) is 11.1. The lowest BCUT2D eigenvalue weighted by Gasteiger charge is -2.09. The van der Waals surface area contributed by atoms with Crippen molar-refractivity contribution in [1.82, 2.24) is 14.8 Å². The van der Waals surface area contributed by atoms with E-state index in [1.54, 1.807) is 0 Å². The summed E-state index contributed by atoms with van der Waals surface area (Å²) in [6.45, 7) is 3.00. The van der Waals surface area contributed by atoms with Crippen molar-refractivity contribution in [3.63, 3.8) is 0 Å². The minimum atomic E-state index is -0.171. The number of rotatable bonds is 7. The Morgan fingerprint density at radius 1 is 1.00 bits per heavy atom. The second-order valence-electron chi connectivity index (χ2n) is 8.00. The predicted molar refractivity (Wildman–Crippen MR) is 121 cm³/mol. The van der Waals surface area contributed by atoms with Gasteiger partial charge in [0.15, 0.2) is 11.6 Å². The van der Waals surface area contributed by atoms with Gasteiger partial charge < -0.3 is 9.88 Å². The summed E-state index contributed by atoms with van der Waals surface area (Å²) in [6.07, 6.45) is 5.72. The molecule has 2 heterocycles. The zero-order chi connectivity index (χ0) is 21.6. The van der Waals surface area contributed by atoms with Gasteiger partial charge in [-0.05, 0) is 37.0 Å². The van der Waals surface area contributed by atoms with Crippen molar-refractivity contribution >= 4 is 17.4 Å². The van der Waals surface area contributed by atoms with E-state index in [4.69, 9.17) is 0 Å². The Morgan fingerprint density at radius 3 is 2.65 bits per heavy atom. The molecule has 1 N–H and O–H groups in total. The first-order chi connectivity index (χ1) is 15.1. The molecule has 0 fully saturated rings. The lowest BCUT2D eigenvalue weighted by atomic mass is 10.0. The summed E-state index contributed by atoms with van der Waals surface area (Å²) in [5.74, 6) is 1.69. The molecule has 0 unspecified atom stereocenters. The highest BCUT2D eigenvalue weighted by Crippen LogP contribution is 2.25. The fourth-order valence-electron chi connectivity index (χ4n) is 3.96. The molecule has 0 spiro atoms. The molecule has 1 aromatic heterocycles. The monoisotopic (exact) mass is 416 g/mol. The molecule has 1 amide bonds. The number of aromatic nitrogens is 3. The summed E-state index contributed by atoms with van der Waals surface area (Å²) in [4.78, 5) is 24.8. The van der Waals surface area contributed by atoms with Crippen LogP contribution in [0, 0.1) is 0 Å². The van der Waals surface area contributed by atoms with E-state index in [0.717, 1.165) is 49.4 Å². The highest BCUT2D eigenvalue weighted by molar-refractivity contribution is 6.00. The summed E-state index contributed by atoms with van der Waals surface area (Å²) in [5, 5.41) is 11.7. The van der Waals surface area contributed by atoms with Gasteiger partial charge in [0.25, 0.3) is 0 Å². The van der Waals surface area contributed by atoms with E-state index in [9.17, 15) is 9.59 Å². The summed E-state index contributed by atoms with van der Waals surface area (Å²) in [5.41, 5.74) is 3.48. The number of hydrogen-bond donors (Lipinski definition) is 1. The first kappa shape index (κ1) is 21.0. The maximum atomic E-state index is 12.4. The van der Waals surface area contributed by atoms with E-state index in [0.29, 0.717) is 11.3 Å². The minimum Gasteiger partial charge on any atom is -0.326 e. The number of benzene rings is 2. The average Bonchev–Trinajstić information content (AvgIpc) is 3.06. The van der Waals surface area contributed by atoms with Gasteiger partial charge in [-0.3, -0.25) is 9.59 Å². The Bertz CT molecular complexity index is 1070. The van der Waals surface area contributed by atoms with Gasteiger partial charge in [0, 0.05) is 42.6 Å². The van der Waals surface area contributed by atoms with Crippen molar-refractivity contribution < 1.29 is 9.59 Å². The molecule has 0 bridgehead atoms. The van der Waals surface area contributed by atoms with Gasteiger partial charge in [-0.15, -0.1) is 10.2 Å². The Hall–Kier alpha value is -3.28. The maximum absolute atomic E-state index is 12.4. The van der Waals surface area contributed by atoms with Crippen LogP contribution >= 0.6 is 0 Å². The first-order valence-corrected chi connectivity index (χ1v) is 11.1. The molecule has 0 saturated heterocycles. The van der Waals surface area contributed by atoms with Crippen molar-refractivity contribution in [2.75, 3.05) is 5.32 Å². The second-order valence-corrected chi connectivity index (χ2v) is 8.00. The largest absolute Gasteiger partial charge is 0.326 e. The maximum Gasteiger partial charge on any atom is 0.224 e. The number of Topliss-reactive ketones (excluding diaryl/α,β-unsaturated/α-hetero) is 1. The molecule has 2 aromatic carbocycles. The fraction of sp³-hybridized carbons (Fsp3) is 0.360. The van der Waals surface area contributed by atoms with Gasteiger partial charge in [0.1, 0.15) is 5.82 Å². The summed E-state index contributed by atoms with van der Waals surface area (Å²) in [7, 11) is 0. The van der Waals surface area contributed by atoms with Crippen molar-refractivity contribution in [3.8, 4) is 11.4 Å². The quantitative estimate of drug-likeness (QED) is 0.559. The molecule has 31 heavy (non-hydrogen) atoms. The minimum absolute atomic E-state index is 0.0160. The molecule has 160 valence electrons. The fourth-order valence-corrected chi connectivity index (χ4v) is 3.96. The van der Waals surface area contributed by atoms with E-state index in [-0.39, 0.29) is 24.5 Å². The lowest BCUT2D eigenvalue weighted by Crippen LogP contribution is -2.13. The van der Waals surface area contributed by atoms with Gasteiger partial charge in [-0.2, -0.15) is 0 Å². The van der Waals surface area contributed by atoms with Crippen LogP contribution in [0.2, 0.25) is 0 Å². The third-order valence-electron chi connectivity index (χ3n) is 5.78. The van der Waals surface area contributed by atoms with Gasteiger partial charge in [-0.1, -0.05) is 49.7 Å². The normalized spacial score (nSPS) is 13.3. The lowest BCUT2D eigenvalue weighted by molar-refractivity contribution is -0.116. The second kappa shape index (κ2) is 9.69. The number of amides is 1. The van der Waals surface area contributed by atoms with Crippen LogP contribution in [-0.4, -0.2) is 26.5 Å². The van der Waals surface area contributed by atoms with Crippen LogP contribution in [0.3, 0.4) is 0 Å². The molecule has 6 heteroatoms.